The molecule has 1 aliphatic rings. The Labute approximate surface area is 215 Å². The Hall–Kier alpha value is -4.56. The highest BCUT2D eigenvalue weighted by Gasteiger charge is 2.21. The quantitative estimate of drug-likeness (QED) is 0.296. The van der Waals surface area contributed by atoms with E-state index in [1.54, 1.807) is 13.3 Å². The van der Waals surface area contributed by atoms with E-state index in [9.17, 15) is 0 Å². The number of rotatable bonds is 7. The molecular weight excluding hydrogens is 462 g/mol. The van der Waals surface area contributed by atoms with Crippen LogP contribution in [-0.2, 0) is 13.0 Å². The number of anilines is 1. The first kappa shape index (κ1) is 22.9. The Morgan fingerprint density at radius 3 is 2.78 bits per heavy atom. The van der Waals surface area contributed by atoms with E-state index in [0.717, 1.165) is 42.0 Å². The molecule has 0 aliphatic heterocycles. The van der Waals surface area contributed by atoms with Crippen LogP contribution < -0.4 is 15.8 Å². The first-order valence-electron chi connectivity index (χ1n) is 12.3. The van der Waals surface area contributed by atoms with Gasteiger partial charge in [0.2, 0.25) is 0 Å². The van der Waals surface area contributed by atoms with E-state index >= 15 is 0 Å². The topological polar surface area (TPSA) is 115 Å². The Morgan fingerprint density at radius 1 is 1.00 bits per heavy atom. The highest BCUT2D eigenvalue weighted by atomic mass is 16.5. The minimum atomic E-state index is 0.287. The van der Waals surface area contributed by atoms with Crippen LogP contribution in [-0.4, -0.2) is 32.3 Å². The molecule has 0 spiro atoms. The maximum Gasteiger partial charge on any atom is 0.181 e. The molecule has 8 heteroatoms. The van der Waals surface area contributed by atoms with E-state index in [-0.39, 0.29) is 5.82 Å². The van der Waals surface area contributed by atoms with E-state index in [0.29, 0.717) is 23.4 Å². The predicted octanol–water partition coefficient (Wildman–Crippen LogP) is 4.96. The van der Waals surface area contributed by atoms with Gasteiger partial charge in [-0.3, -0.25) is 5.10 Å². The molecule has 5 aromatic rings. The van der Waals surface area contributed by atoms with Gasteiger partial charge in [-0.25, -0.2) is 15.0 Å². The summed E-state index contributed by atoms with van der Waals surface area (Å²) in [6.07, 6.45) is 3.94. The van der Waals surface area contributed by atoms with Gasteiger partial charge in [-0.15, -0.1) is 0 Å². The van der Waals surface area contributed by atoms with Crippen LogP contribution in [0.15, 0.2) is 79.0 Å². The fourth-order valence-electron chi connectivity index (χ4n) is 4.82. The lowest BCUT2D eigenvalue weighted by Gasteiger charge is -2.14. The number of hydrogen-bond donors (Lipinski definition) is 3. The molecule has 1 atom stereocenters. The van der Waals surface area contributed by atoms with Crippen molar-refractivity contribution in [3.63, 3.8) is 0 Å². The third-order valence-electron chi connectivity index (χ3n) is 6.75. The van der Waals surface area contributed by atoms with Crippen LogP contribution in [0.2, 0.25) is 0 Å². The number of benzene rings is 3. The second-order valence-electron chi connectivity index (χ2n) is 9.10. The van der Waals surface area contributed by atoms with Crippen molar-refractivity contribution in [3.05, 3.63) is 95.7 Å². The summed E-state index contributed by atoms with van der Waals surface area (Å²) in [6, 6.07) is 25.0. The van der Waals surface area contributed by atoms with Crippen molar-refractivity contribution in [2.24, 2.45) is 0 Å². The third-order valence-corrected chi connectivity index (χ3v) is 6.75. The number of hydrogen-bond acceptors (Lipinski definition) is 7. The Morgan fingerprint density at radius 2 is 1.86 bits per heavy atom. The third kappa shape index (κ3) is 4.66. The van der Waals surface area contributed by atoms with Gasteiger partial charge in [-0.2, -0.15) is 5.10 Å². The summed E-state index contributed by atoms with van der Waals surface area (Å²) >= 11 is 0. The highest BCUT2D eigenvalue weighted by molar-refractivity contribution is 5.70. The standard InChI is InChI=1S/C29H27N7O/c1-37-22-10-5-9-21(15-22)28-34-29(36-35-28)26-27(30)32-17-25(33-26)20-8-4-6-18(14-20)16-31-24-13-12-19-7-2-3-11-23(19)24/h2-11,14-15,17,24,31H,12-13,16H2,1H3,(H2,30,32)(H,34,35,36)/t24-/m0/s1. The van der Waals surface area contributed by atoms with Crippen LogP contribution in [0, 0.1) is 0 Å². The summed E-state index contributed by atoms with van der Waals surface area (Å²) in [5.41, 5.74) is 13.2. The zero-order valence-corrected chi connectivity index (χ0v) is 20.5. The second-order valence-corrected chi connectivity index (χ2v) is 9.10. The first-order valence-corrected chi connectivity index (χ1v) is 12.3. The number of nitrogens with two attached hydrogens (primary N) is 1. The summed E-state index contributed by atoms with van der Waals surface area (Å²) in [4.78, 5) is 13.8. The second kappa shape index (κ2) is 9.83. The number of methoxy groups -OCH3 is 1. The number of aryl methyl sites for hydroxylation is 1. The van der Waals surface area contributed by atoms with Crippen LogP contribution in [0.4, 0.5) is 5.82 Å². The lowest BCUT2D eigenvalue weighted by Crippen LogP contribution is -2.18. The molecule has 0 unspecified atom stereocenters. The molecule has 0 saturated heterocycles. The van der Waals surface area contributed by atoms with Gasteiger partial charge in [0.1, 0.15) is 11.4 Å². The molecule has 2 heterocycles. The molecule has 0 bridgehead atoms. The van der Waals surface area contributed by atoms with Crippen molar-refractivity contribution in [2.45, 2.75) is 25.4 Å². The van der Waals surface area contributed by atoms with Crippen LogP contribution in [0.25, 0.3) is 34.2 Å². The molecular formula is C29H27N7O. The van der Waals surface area contributed by atoms with Crippen molar-refractivity contribution >= 4 is 5.82 Å². The Kier molecular flexibility index (Phi) is 6.08. The number of aromatic nitrogens is 5. The van der Waals surface area contributed by atoms with E-state index in [2.05, 4.69) is 61.9 Å². The zero-order valence-electron chi connectivity index (χ0n) is 20.5. The minimum Gasteiger partial charge on any atom is -0.497 e. The van der Waals surface area contributed by atoms with Crippen LogP contribution in [0.1, 0.15) is 29.2 Å². The summed E-state index contributed by atoms with van der Waals surface area (Å²) in [5.74, 6) is 2.01. The molecule has 6 rings (SSSR count). The van der Waals surface area contributed by atoms with E-state index < -0.39 is 0 Å². The van der Waals surface area contributed by atoms with Crippen LogP contribution in [0.5, 0.6) is 5.75 Å². The predicted molar refractivity (Wildman–Crippen MR) is 144 cm³/mol. The van der Waals surface area contributed by atoms with Gasteiger partial charge in [0, 0.05) is 23.7 Å². The minimum absolute atomic E-state index is 0.287. The molecule has 8 nitrogen and oxygen atoms in total. The van der Waals surface area contributed by atoms with Gasteiger partial charge in [-0.1, -0.05) is 54.6 Å². The van der Waals surface area contributed by atoms with Crippen molar-refractivity contribution in [2.75, 3.05) is 12.8 Å². The number of nitrogens with one attached hydrogen (secondary N) is 2. The number of ether oxygens (including phenoxy) is 1. The lowest BCUT2D eigenvalue weighted by atomic mass is 10.1. The fraction of sp³-hybridized carbons (Fsp3) is 0.172. The molecule has 0 saturated carbocycles. The van der Waals surface area contributed by atoms with Gasteiger partial charge in [0.15, 0.2) is 17.5 Å². The number of nitrogen functional groups attached to an aromatic ring is 1. The molecule has 3 aromatic carbocycles. The normalized spacial score (nSPS) is 14.5. The van der Waals surface area contributed by atoms with E-state index in [4.69, 9.17) is 15.5 Å². The Balaban J connectivity index is 1.23. The van der Waals surface area contributed by atoms with Crippen molar-refractivity contribution in [1.82, 2.24) is 30.5 Å². The number of fused-ring (bicyclic) bond motifs is 1. The first-order chi connectivity index (χ1) is 18.2. The summed E-state index contributed by atoms with van der Waals surface area (Å²) in [5, 5.41) is 11.0. The summed E-state index contributed by atoms with van der Waals surface area (Å²) in [6.45, 7) is 0.772. The average Bonchev–Trinajstić information content (AvgIpc) is 3.60. The maximum atomic E-state index is 6.19. The van der Waals surface area contributed by atoms with Gasteiger partial charge < -0.3 is 15.8 Å². The summed E-state index contributed by atoms with van der Waals surface area (Å²) in [7, 11) is 1.63. The SMILES string of the molecule is COc1cccc(-c2n[nH]c(-c3nc(-c4cccc(CN[C@H]5CCc6ccccc65)c4)cnc3N)n2)c1. The number of nitrogens with zero attached hydrogens (tertiary/aromatic N) is 4. The lowest BCUT2D eigenvalue weighted by molar-refractivity contribution is 0.415. The average molecular weight is 490 g/mol. The van der Waals surface area contributed by atoms with Gasteiger partial charge in [0.25, 0.3) is 0 Å². The zero-order chi connectivity index (χ0) is 25.2. The van der Waals surface area contributed by atoms with Crippen molar-refractivity contribution in [3.8, 4) is 39.9 Å². The molecule has 1 aliphatic carbocycles. The Bertz CT molecular complexity index is 1560. The molecule has 184 valence electrons. The van der Waals surface area contributed by atoms with E-state index in [1.807, 2.05) is 36.4 Å². The van der Waals surface area contributed by atoms with E-state index in [1.165, 1.54) is 16.7 Å². The molecule has 2 aromatic heterocycles. The number of H-pyrrole nitrogens is 1. The van der Waals surface area contributed by atoms with Crippen molar-refractivity contribution < 1.29 is 4.74 Å². The smallest absolute Gasteiger partial charge is 0.181 e. The molecule has 37 heavy (non-hydrogen) atoms. The van der Waals surface area contributed by atoms with Crippen molar-refractivity contribution in [1.29, 1.82) is 0 Å². The molecule has 0 amide bonds. The molecule has 0 fully saturated rings. The fourth-order valence-corrected chi connectivity index (χ4v) is 4.82. The maximum absolute atomic E-state index is 6.19. The summed E-state index contributed by atoms with van der Waals surface area (Å²) < 4.78 is 5.31. The largest absolute Gasteiger partial charge is 0.497 e. The van der Waals surface area contributed by atoms with Gasteiger partial charge in [0.05, 0.1) is 19.0 Å². The van der Waals surface area contributed by atoms with Gasteiger partial charge >= 0.3 is 0 Å². The van der Waals surface area contributed by atoms with Crippen LogP contribution >= 0.6 is 0 Å². The van der Waals surface area contributed by atoms with Gasteiger partial charge in [-0.05, 0) is 47.7 Å². The highest BCUT2D eigenvalue weighted by Crippen LogP contribution is 2.31. The molecule has 4 N–H and O–H groups in total. The monoisotopic (exact) mass is 489 g/mol. The molecule has 0 radical (unpaired) electrons. The van der Waals surface area contributed by atoms with Crippen LogP contribution in [0.3, 0.4) is 0 Å². The number of aromatic amines is 1.